The number of halogens is 3. The summed E-state index contributed by atoms with van der Waals surface area (Å²) in [6.45, 7) is 5.08. The molecule has 0 radical (unpaired) electrons. The first kappa shape index (κ1) is 25.8. The molecule has 1 atom stereocenters. The van der Waals surface area contributed by atoms with E-state index in [0.29, 0.717) is 6.61 Å². The van der Waals surface area contributed by atoms with E-state index in [1.807, 2.05) is 24.3 Å². The summed E-state index contributed by atoms with van der Waals surface area (Å²) in [5, 5.41) is 0. The van der Waals surface area contributed by atoms with E-state index in [0.717, 1.165) is 30.2 Å². The van der Waals surface area contributed by atoms with Crippen molar-refractivity contribution in [3.63, 3.8) is 0 Å². The molecule has 0 saturated carbocycles. The molecule has 2 rings (SSSR count). The third-order valence-corrected chi connectivity index (χ3v) is 5.80. The average molecular weight is 451 g/mol. The molecule has 1 unspecified atom stereocenters. The highest BCUT2D eigenvalue weighted by atomic mass is 19.4. The van der Waals surface area contributed by atoms with Crippen molar-refractivity contribution >= 4 is 5.97 Å². The fourth-order valence-corrected chi connectivity index (χ4v) is 3.21. The van der Waals surface area contributed by atoms with E-state index in [-0.39, 0.29) is 12.2 Å². The summed E-state index contributed by atoms with van der Waals surface area (Å²) < 4.78 is 50.5. The molecule has 0 aliphatic heterocycles. The smallest absolute Gasteiger partial charge is 0.404 e. The lowest BCUT2D eigenvalue weighted by atomic mass is 9.87. The van der Waals surface area contributed by atoms with E-state index in [1.165, 1.54) is 51.2 Å². The van der Waals surface area contributed by atoms with Gasteiger partial charge in [-0.05, 0) is 55.2 Å². The first-order chi connectivity index (χ1) is 15.2. The van der Waals surface area contributed by atoms with Crippen LogP contribution in [0.25, 0.3) is 11.1 Å². The number of ether oxygens (including phenoxy) is 2. The van der Waals surface area contributed by atoms with Gasteiger partial charge in [0.05, 0.1) is 6.61 Å². The number of carbonyl (C=O) groups excluding carboxylic acids is 1. The van der Waals surface area contributed by atoms with Crippen molar-refractivity contribution in [1.29, 1.82) is 0 Å². The maximum Gasteiger partial charge on any atom is 0.404 e. The van der Waals surface area contributed by atoms with Crippen LogP contribution in [0.3, 0.4) is 0 Å². The SMILES string of the molecule is CCCCCCCCOc1ccc(-c2ccc(OC(=O)C(C)(CC)C(F)(F)F)cc2)cc1. The largest absolute Gasteiger partial charge is 0.494 e. The minimum absolute atomic E-state index is 0.0848. The molecule has 0 aromatic heterocycles. The predicted octanol–water partition coefficient (Wildman–Crippen LogP) is 7.98. The van der Waals surface area contributed by atoms with Gasteiger partial charge in [-0.15, -0.1) is 0 Å². The molecule has 2 aromatic carbocycles. The Bertz CT molecular complexity index is 829. The Morgan fingerprint density at radius 1 is 0.781 bits per heavy atom. The van der Waals surface area contributed by atoms with Crippen LogP contribution in [0.2, 0.25) is 0 Å². The van der Waals surface area contributed by atoms with Gasteiger partial charge in [-0.1, -0.05) is 70.2 Å². The fourth-order valence-electron chi connectivity index (χ4n) is 3.21. The van der Waals surface area contributed by atoms with Crippen molar-refractivity contribution < 1.29 is 27.4 Å². The summed E-state index contributed by atoms with van der Waals surface area (Å²) in [6.07, 6.45) is 2.22. The highest BCUT2D eigenvalue weighted by molar-refractivity contribution is 5.80. The maximum absolute atomic E-state index is 13.2. The van der Waals surface area contributed by atoms with Gasteiger partial charge in [0.15, 0.2) is 5.41 Å². The van der Waals surface area contributed by atoms with Gasteiger partial charge in [0.1, 0.15) is 11.5 Å². The number of benzene rings is 2. The fraction of sp³-hybridized carbons (Fsp3) is 0.500. The van der Waals surface area contributed by atoms with Crippen molar-refractivity contribution in [2.24, 2.45) is 5.41 Å². The van der Waals surface area contributed by atoms with Gasteiger partial charge in [-0.2, -0.15) is 13.2 Å². The number of hydrogen-bond donors (Lipinski definition) is 0. The van der Waals surface area contributed by atoms with Gasteiger partial charge in [0.2, 0.25) is 0 Å². The normalized spacial score (nSPS) is 13.4. The summed E-state index contributed by atoms with van der Waals surface area (Å²) in [5.41, 5.74) is -0.735. The lowest BCUT2D eigenvalue weighted by Crippen LogP contribution is -2.44. The Balaban J connectivity index is 1.89. The second-order valence-electron chi connectivity index (χ2n) is 8.24. The zero-order valence-corrected chi connectivity index (χ0v) is 19.1. The number of alkyl halides is 3. The van der Waals surface area contributed by atoms with Crippen LogP contribution in [0.4, 0.5) is 13.2 Å². The molecule has 0 N–H and O–H groups in total. The van der Waals surface area contributed by atoms with Gasteiger partial charge in [0.25, 0.3) is 0 Å². The molecule has 3 nitrogen and oxygen atoms in total. The second kappa shape index (κ2) is 11.9. The third-order valence-electron chi connectivity index (χ3n) is 5.80. The molecule has 0 fully saturated rings. The summed E-state index contributed by atoms with van der Waals surface area (Å²) in [7, 11) is 0. The number of rotatable bonds is 12. The molecule has 2 aromatic rings. The minimum atomic E-state index is -4.67. The highest BCUT2D eigenvalue weighted by Gasteiger charge is 2.56. The molecular weight excluding hydrogens is 417 g/mol. The number of unbranched alkanes of at least 4 members (excludes halogenated alkanes) is 5. The Kier molecular flexibility index (Phi) is 9.60. The van der Waals surface area contributed by atoms with E-state index >= 15 is 0 Å². The van der Waals surface area contributed by atoms with E-state index in [4.69, 9.17) is 9.47 Å². The molecule has 0 saturated heterocycles. The molecule has 0 spiro atoms. The molecule has 0 aliphatic carbocycles. The quantitative estimate of drug-likeness (QED) is 0.187. The summed E-state index contributed by atoms with van der Waals surface area (Å²) >= 11 is 0. The second-order valence-corrected chi connectivity index (χ2v) is 8.24. The number of hydrogen-bond acceptors (Lipinski definition) is 3. The first-order valence-electron chi connectivity index (χ1n) is 11.3. The topological polar surface area (TPSA) is 35.5 Å². The van der Waals surface area contributed by atoms with Crippen LogP contribution in [0.1, 0.15) is 65.7 Å². The highest BCUT2D eigenvalue weighted by Crippen LogP contribution is 2.42. The maximum atomic E-state index is 13.2. The van der Waals surface area contributed by atoms with E-state index < -0.39 is 17.6 Å². The zero-order chi connectivity index (χ0) is 23.6. The third kappa shape index (κ3) is 7.01. The molecule has 0 bridgehead atoms. The molecule has 0 heterocycles. The number of carbonyl (C=O) groups is 1. The van der Waals surface area contributed by atoms with Gasteiger partial charge >= 0.3 is 12.1 Å². The van der Waals surface area contributed by atoms with E-state index in [1.54, 1.807) is 12.1 Å². The van der Waals surface area contributed by atoms with Crippen LogP contribution >= 0.6 is 0 Å². The van der Waals surface area contributed by atoms with Gasteiger partial charge in [-0.3, -0.25) is 4.79 Å². The Morgan fingerprint density at radius 2 is 1.28 bits per heavy atom. The van der Waals surface area contributed by atoms with Crippen LogP contribution < -0.4 is 9.47 Å². The van der Waals surface area contributed by atoms with Crippen molar-refractivity contribution in [2.75, 3.05) is 6.61 Å². The van der Waals surface area contributed by atoms with Crippen molar-refractivity contribution in [1.82, 2.24) is 0 Å². The van der Waals surface area contributed by atoms with Crippen LogP contribution in [-0.2, 0) is 4.79 Å². The molecule has 32 heavy (non-hydrogen) atoms. The lowest BCUT2D eigenvalue weighted by molar-refractivity contribution is -0.225. The summed E-state index contributed by atoms with van der Waals surface area (Å²) in [4.78, 5) is 12.1. The van der Waals surface area contributed by atoms with Crippen LogP contribution in [0.5, 0.6) is 11.5 Å². The standard InChI is InChI=1S/C26H33F3O3/c1-4-6-7-8-9-10-19-31-22-15-11-20(12-16-22)21-13-17-23(18-14-21)32-24(30)25(3,5-2)26(27,28)29/h11-18H,4-10,19H2,1-3H3. The number of esters is 1. The van der Waals surface area contributed by atoms with E-state index in [9.17, 15) is 18.0 Å². The predicted molar refractivity (Wildman–Crippen MR) is 121 cm³/mol. The zero-order valence-electron chi connectivity index (χ0n) is 19.1. The summed E-state index contributed by atoms with van der Waals surface area (Å²) in [5.74, 6) is -0.410. The van der Waals surface area contributed by atoms with Gasteiger partial charge < -0.3 is 9.47 Å². The molecule has 0 aliphatic rings. The van der Waals surface area contributed by atoms with Crippen molar-refractivity contribution in [3.05, 3.63) is 48.5 Å². The molecule has 0 amide bonds. The van der Waals surface area contributed by atoms with E-state index in [2.05, 4.69) is 6.92 Å². The average Bonchev–Trinajstić information content (AvgIpc) is 2.78. The van der Waals surface area contributed by atoms with Gasteiger partial charge in [0, 0.05) is 0 Å². The van der Waals surface area contributed by atoms with Crippen LogP contribution in [0.15, 0.2) is 48.5 Å². The van der Waals surface area contributed by atoms with Gasteiger partial charge in [-0.25, -0.2) is 0 Å². The monoisotopic (exact) mass is 450 g/mol. The van der Waals surface area contributed by atoms with Crippen molar-refractivity contribution in [2.45, 2.75) is 71.9 Å². The Labute approximate surface area is 188 Å². The summed E-state index contributed by atoms with van der Waals surface area (Å²) in [6, 6.07) is 14.1. The van der Waals surface area contributed by atoms with Crippen LogP contribution in [0, 0.1) is 5.41 Å². The molecule has 176 valence electrons. The van der Waals surface area contributed by atoms with Crippen LogP contribution in [-0.4, -0.2) is 18.8 Å². The minimum Gasteiger partial charge on any atom is -0.494 e. The molecular formula is C26H33F3O3. The lowest BCUT2D eigenvalue weighted by Gasteiger charge is -2.28. The Morgan fingerprint density at radius 3 is 1.78 bits per heavy atom. The molecule has 6 heteroatoms. The Hall–Kier alpha value is -2.50. The first-order valence-corrected chi connectivity index (χ1v) is 11.3. The van der Waals surface area contributed by atoms with Crippen molar-refractivity contribution in [3.8, 4) is 22.6 Å².